The van der Waals surface area contributed by atoms with Crippen molar-refractivity contribution in [3.8, 4) is 0 Å². The molecule has 0 spiro atoms. The molecule has 0 N–H and O–H groups in total. The third-order valence-electron chi connectivity index (χ3n) is 1.84. The third kappa shape index (κ3) is 2.36. The van der Waals surface area contributed by atoms with Gasteiger partial charge in [0.05, 0.1) is 5.75 Å². The van der Waals surface area contributed by atoms with Crippen molar-refractivity contribution in [1.82, 2.24) is 0 Å². The summed E-state index contributed by atoms with van der Waals surface area (Å²) in [7, 11) is -4.85. The van der Waals surface area contributed by atoms with Crippen molar-refractivity contribution >= 4 is 9.84 Å². The molecule has 0 heterocycles. The van der Waals surface area contributed by atoms with E-state index in [0.717, 1.165) is 12.8 Å². The van der Waals surface area contributed by atoms with Gasteiger partial charge in [0, 0.05) is 0 Å². The van der Waals surface area contributed by atoms with E-state index in [0.29, 0.717) is 0 Å². The van der Waals surface area contributed by atoms with Crippen LogP contribution < -0.4 is 0 Å². The van der Waals surface area contributed by atoms with E-state index in [2.05, 4.69) is 0 Å². The van der Waals surface area contributed by atoms with Crippen LogP contribution in [-0.2, 0) is 9.84 Å². The minimum Gasteiger partial charge on any atom is -0.220 e. The van der Waals surface area contributed by atoms with Gasteiger partial charge in [-0.15, -0.1) is 0 Å². The lowest BCUT2D eigenvalue weighted by Gasteiger charge is -2.06. The Morgan fingerprint density at radius 1 is 1.25 bits per heavy atom. The fourth-order valence-corrected chi connectivity index (χ4v) is 1.72. The van der Waals surface area contributed by atoms with Crippen LogP contribution in [0.3, 0.4) is 0 Å². The second-order valence-corrected chi connectivity index (χ2v) is 5.10. The molecule has 0 aliphatic heterocycles. The highest BCUT2D eigenvalue weighted by Gasteiger charge is 2.45. The molecular weight excluding hydrogens is 193 g/mol. The van der Waals surface area contributed by atoms with Crippen molar-refractivity contribution in [3.05, 3.63) is 0 Å². The molecule has 0 aromatic rings. The van der Waals surface area contributed by atoms with Gasteiger partial charge in [0.15, 0.2) is 0 Å². The van der Waals surface area contributed by atoms with E-state index in [-0.39, 0.29) is 12.3 Å². The van der Waals surface area contributed by atoms with Crippen LogP contribution in [0, 0.1) is 5.92 Å². The lowest BCUT2D eigenvalue weighted by Crippen LogP contribution is -2.26. The summed E-state index contributed by atoms with van der Waals surface area (Å²) < 4.78 is 56.1. The summed E-state index contributed by atoms with van der Waals surface area (Å²) in [4.78, 5) is 0. The molecule has 0 atom stereocenters. The number of rotatable bonds is 3. The van der Waals surface area contributed by atoms with Crippen LogP contribution in [-0.4, -0.2) is 19.7 Å². The molecule has 0 bridgehead atoms. The summed E-state index contributed by atoms with van der Waals surface area (Å²) in [5.74, 6) is -0.539. The summed E-state index contributed by atoms with van der Waals surface area (Å²) in [5.41, 5.74) is -5.07. The zero-order valence-corrected chi connectivity index (χ0v) is 7.08. The lowest BCUT2D eigenvalue weighted by atomic mass is 10.3. The molecule has 1 fully saturated rings. The van der Waals surface area contributed by atoms with E-state index in [1.165, 1.54) is 0 Å². The fourth-order valence-electron chi connectivity index (χ4n) is 0.844. The molecule has 0 aromatic carbocycles. The molecule has 0 unspecified atom stereocenters. The number of alkyl halides is 3. The van der Waals surface area contributed by atoms with Crippen LogP contribution in [0.25, 0.3) is 0 Å². The van der Waals surface area contributed by atoms with Crippen molar-refractivity contribution in [2.45, 2.75) is 24.8 Å². The van der Waals surface area contributed by atoms with Gasteiger partial charge in [-0.05, 0) is 12.3 Å². The number of halogens is 3. The van der Waals surface area contributed by atoms with Crippen LogP contribution in [0.2, 0.25) is 0 Å². The van der Waals surface area contributed by atoms with Crippen LogP contribution >= 0.6 is 0 Å². The van der Waals surface area contributed by atoms with E-state index in [9.17, 15) is 21.6 Å². The summed E-state index contributed by atoms with van der Waals surface area (Å²) in [6.07, 6.45) is 1.89. The SMILES string of the molecule is O=S(=O)(CCC1CC1)C(F)(F)F. The quantitative estimate of drug-likeness (QED) is 0.698. The third-order valence-corrected chi connectivity index (χ3v) is 3.32. The van der Waals surface area contributed by atoms with Crippen LogP contribution in [0.4, 0.5) is 13.2 Å². The Labute approximate surface area is 68.7 Å². The molecule has 0 aromatic heterocycles. The van der Waals surface area contributed by atoms with Gasteiger partial charge in [-0.3, -0.25) is 0 Å². The Kier molecular flexibility index (Phi) is 2.38. The first-order chi connectivity index (χ1) is 5.33. The Hall–Kier alpha value is -0.260. The van der Waals surface area contributed by atoms with Crippen molar-refractivity contribution in [2.24, 2.45) is 5.92 Å². The van der Waals surface area contributed by atoms with Gasteiger partial charge in [-0.25, -0.2) is 8.42 Å². The molecule has 72 valence electrons. The molecule has 1 rings (SSSR count). The predicted molar refractivity (Wildman–Crippen MR) is 37.2 cm³/mol. The maximum Gasteiger partial charge on any atom is 0.497 e. The molecule has 1 aliphatic rings. The average Bonchev–Trinajstić information content (AvgIpc) is 2.62. The first kappa shape index (κ1) is 9.83. The number of sulfone groups is 1. The van der Waals surface area contributed by atoms with Gasteiger partial charge in [0.25, 0.3) is 0 Å². The van der Waals surface area contributed by atoms with E-state index in [1.807, 2.05) is 0 Å². The Morgan fingerprint density at radius 3 is 2.08 bits per heavy atom. The van der Waals surface area contributed by atoms with Gasteiger partial charge in [-0.2, -0.15) is 13.2 Å². The first-order valence-electron chi connectivity index (χ1n) is 3.62. The van der Waals surface area contributed by atoms with Crippen LogP contribution in [0.15, 0.2) is 0 Å². The van der Waals surface area contributed by atoms with E-state index >= 15 is 0 Å². The molecule has 1 aliphatic carbocycles. The smallest absolute Gasteiger partial charge is 0.220 e. The summed E-state index contributed by atoms with van der Waals surface area (Å²) in [6.45, 7) is 0. The van der Waals surface area contributed by atoms with Crippen molar-refractivity contribution in [3.63, 3.8) is 0 Å². The zero-order chi connectivity index (χ0) is 9.41. The maximum atomic E-state index is 11.7. The van der Waals surface area contributed by atoms with Gasteiger partial charge >= 0.3 is 5.51 Å². The zero-order valence-electron chi connectivity index (χ0n) is 6.26. The van der Waals surface area contributed by atoms with Gasteiger partial charge in [0.1, 0.15) is 0 Å². The molecule has 0 saturated heterocycles. The highest BCUT2D eigenvalue weighted by molar-refractivity contribution is 7.92. The van der Waals surface area contributed by atoms with Gasteiger partial charge < -0.3 is 0 Å². The molecule has 12 heavy (non-hydrogen) atoms. The molecule has 0 amide bonds. The Morgan fingerprint density at radius 2 is 1.75 bits per heavy atom. The normalized spacial score (nSPS) is 19.6. The minimum absolute atomic E-state index is 0.155. The van der Waals surface area contributed by atoms with Crippen molar-refractivity contribution < 1.29 is 21.6 Å². The highest BCUT2D eigenvalue weighted by atomic mass is 32.2. The minimum atomic E-state index is -5.07. The van der Waals surface area contributed by atoms with E-state index in [4.69, 9.17) is 0 Å². The van der Waals surface area contributed by atoms with E-state index < -0.39 is 21.1 Å². The van der Waals surface area contributed by atoms with Crippen molar-refractivity contribution in [1.29, 1.82) is 0 Å². The van der Waals surface area contributed by atoms with Crippen molar-refractivity contribution in [2.75, 3.05) is 5.75 Å². The fraction of sp³-hybridized carbons (Fsp3) is 1.00. The Bertz CT molecular complexity index is 250. The second-order valence-electron chi connectivity index (χ2n) is 3.00. The average molecular weight is 202 g/mol. The molecule has 0 radical (unpaired) electrons. The highest BCUT2D eigenvalue weighted by Crippen LogP contribution is 2.34. The largest absolute Gasteiger partial charge is 0.497 e. The first-order valence-corrected chi connectivity index (χ1v) is 5.27. The maximum absolute atomic E-state index is 11.7. The number of hydrogen-bond donors (Lipinski definition) is 0. The number of hydrogen-bond acceptors (Lipinski definition) is 2. The molecule has 6 heteroatoms. The monoisotopic (exact) mass is 202 g/mol. The summed E-state index contributed by atoms with van der Waals surface area (Å²) in [6, 6.07) is 0. The summed E-state index contributed by atoms with van der Waals surface area (Å²) >= 11 is 0. The second kappa shape index (κ2) is 2.90. The van der Waals surface area contributed by atoms with Crippen LogP contribution in [0.5, 0.6) is 0 Å². The van der Waals surface area contributed by atoms with Gasteiger partial charge in [-0.1, -0.05) is 12.8 Å². The lowest BCUT2D eigenvalue weighted by molar-refractivity contribution is -0.0435. The Balaban J connectivity index is 2.47. The summed E-state index contributed by atoms with van der Waals surface area (Å²) in [5, 5.41) is 0. The van der Waals surface area contributed by atoms with Crippen LogP contribution in [0.1, 0.15) is 19.3 Å². The molecule has 1 saturated carbocycles. The topological polar surface area (TPSA) is 34.1 Å². The molecular formula is C6H9F3O2S. The van der Waals surface area contributed by atoms with Gasteiger partial charge in [0.2, 0.25) is 9.84 Å². The predicted octanol–water partition coefficient (Wildman–Crippen LogP) is 1.72. The standard InChI is InChI=1S/C6H9F3O2S/c7-6(8,9)12(10,11)4-3-5-1-2-5/h5H,1-4H2. The molecule has 2 nitrogen and oxygen atoms in total. The van der Waals surface area contributed by atoms with E-state index in [1.54, 1.807) is 0 Å².